The summed E-state index contributed by atoms with van der Waals surface area (Å²) in [6.07, 6.45) is 2.55. The highest BCUT2D eigenvalue weighted by Gasteiger charge is 2.46. The number of aromatic nitrogens is 2. The van der Waals surface area contributed by atoms with E-state index in [1.165, 1.54) is 6.20 Å². The van der Waals surface area contributed by atoms with Crippen LogP contribution in [0, 0.1) is 25.7 Å². The number of sulfonamides is 1. The van der Waals surface area contributed by atoms with E-state index in [0.717, 1.165) is 32.7 Å². The molecule has 1 aromatic rings. The van der Waals surface area contributed by atoms with Crippen LogP contribution in [0.15, 0.2) is 11.1 Å². The predicted octanol–water partition coefficient (Wildman–Crippen LogP) is 0.435. The van der Waals surface area contributed by atoms with Gasteiger partial charge in [0, 0.05) is 38.8 Å². The Hall–Kier alpha value is -1.09. The fourth-order valence-electron chi connectivity index (χ4n) is 4.26. The fourth-order valence-corrected chi connectivity index (χ4v) is 5.91. The first kappa shape index (κ1) is 16.4. The number of rotatable bonds is 3. The third-order valence-corrected chi connectivity index (χ3v) is 7.51. The molecule has 4 rings (SSSR count). The Morgan fingerprint density at radius 2 is 1.88 bits per heavy atom. The first-order chi connectivity index (χ1) is 11.4. The first-order valence-corrected chi connectivity index (χ1v) is 10.0. The summed E-state index contributed by atoms with van der Waals surface area (Å²) in [7, 11) is -3.50. The second kappa shape index (κ2) is 6.01. The molecule has 0 amide bonds. The van der Waals surface area contributed by atoms with Crippen molar-refractivity contribution in [2.45, 2.75) is 31.2 Å². The molecule has 1 unspecified atom stereocenters. The molecule has 0 aliphatic carbocycles. The van der Waals surface area contributed by atoms with E-state index in [0.29, 0.717) is 42.5 Å². The number of hydrogen-bond acceptors (Lipinski definition) is 6. The lowest BCUT2D eigenvalue weighted by Crippen LogP contribution is -2.38. The molecule has 132 valence electrons. The average Bonchev–Trinajstić information content (AvgIpc) is 3.22. The predicted molar refractivity (Wildman–Crippen MR) is 88.0 cm³/mol. The standard InChI is InChI=1S/C16H24N4O3S/c1-11-16(5-17-12(2)18-11)24(21,22)20-8-13-6-19(7-14(13)9-20)15-3-4-23-10-15/h5,13-15H,3-4,6-10H2,1-2H3/t13-,14+,15?. The summed E-state index contributed by atoms with van der Waals surface area (Å²) in [5, 5.41) is 0. The lowest BCUT2D eigenvalue weighted by Gasteiger charge is -2.25. The van der Waals surface area contributed by atoms with Gasteiger partial charge in [0.2, 0.25) is 10.0 Å². The molecule has 24 heavy (non-hydrogen) atoms. The van der Waals surface area contributed by atoms with Gasteiger partial charge < -0.3 is 4.74 Å². The average molecular weight is 352 g/mol. The number of nitrogens with zero attached hydrogens (tertiary/aromatic N) is 4. The van der Waals surface area contributed by atoms with Crippen LogP contribution in [0.2, 0.25) is 0 Å². The van der Waals surface area contributed by atoms with Gasteiger partial charge in [0.05, 0.1) is 18.5 Å². The largest absolute Gasteiger partial charge is 0.380 e. The summed E-state index contributed by atoms with van der Waals surface area (Å²) in [6.45, 7) is 8.34. The van der Waals surface area contributed by atoms with Gasteiger partial charge in [-0.05, 0) is 32.1 Å². The fraction of sp³-hybridized carbons (Fsp3) is 0.750. The van der Waals surface area contributed by atoms with E-state index in [4.69, 9.17) is 4.74 Å². The van der Waals surface area contributed by atoms with Crippen molar-refractivity contribution < 1.29 is 13.2 Å². The van der Waals surface area contributed by atoms with Crippen LogP contribution in [0.25, 0.3) is 0 Å². The monoisotopic (exact) mass is 352 g/mol. The molecule has 0 N–H and O–H groups in total. The molecule has 0 spiro atoms. The maximum atomic E-state index is 12.9. The highest BCUT2D eigenvalue weighted by atomic mass is 32.2. The second-order valence-electron chi connectivity index (χ2n) is 7.18. The SMILES string of the molecule is Cc1ncc(S(=O)(=O)N2C[C@H]3CN(C4CCOC4)C[C@H]3C2)c(C)n1. The minimum absolute atomic E-state index is 0.245. The summed E-state index contributed by atoms with van der Waals surface area (Å²) in [5.74, 6) is 1.44. The van der Waals surface area contributed by atoms with Gasteiger partial charge in [0.25, 0.3) is 0 Å². The van der Waals surface area contributed by atoms with Gasteiger partial charge in [-0.2, -0.15) is 4.31 Å². The maximum absolute atomic E-state index is 12.9. The van der Waals surface area contributed by atoms with Crippen LogP contribution < -0.4 is 0 Å². The summed E-state index contributed by atoms with van der Waals surface area (Å²) in [4.78, 5) is 11.0. The highest BCUT2D eigenvalue weighted by Crippen LogP contribution is 2.36. The van der Waals surface area contributed by atoms with E-state index < -0.39 is 10.0 Å². The zero-order chi connectivity index (χ0) is 16.9. The Bertz CT molecular complexity index is 719. The summed E-state index contributed by atoms with van der Waals surface area (Å²) >= 11 is 0. The minimum atomic E-state index is -3.50. The normalized spacial score (nSPS) is 31.7. The van der Waals surface area contributed by atoms with E-state index in [1.54, 1.807) is 18.2 Å². The van der Waals surface area contributed by atoms with E-state index in [2.05, 4.69) is 14.9 Å². The second-order valence-corrected chi connectivity index (χ2v) is 9.09. The van der Waals surface area contributed by atoms with Gasteiger partial charge in [-0.15, -0.1) is 0 Å². The molecular weight excluding hydrogens is 328 g/mol. The molecule has 0 saturated carbocycles. The van der Waals surface area contributed by atoms with E-state index in [-0.39, 0.29) is 4.90 Å². The Morgan fingerprint density at radius 3 is 2.46 bits per heavy atom. The van der Waals surface area contributed by atoms with Crippen molar-refractivity contribution in [3.05, 3.63) is 17.7 Å². The van der Waals surface area contributed by atoms with Crippen LogP contribution in [-0.4, -0.2) is 73.0 Å². The Labute approximate surface area is 143 Å². The molecule has 3 saturated heterocycles. The van der Waals surface area contributed by atoms with Gasteiger partial charge in [-0.1, -0.05) is 0 Å². The summed E-state index contributed by atoms with van der Waals surface area (Å²) in [5.41, 5.74) is 0.532. The van der Waals surface area contributed by atoms with E-state index in [9.17, 15) is 8.42 Å². The summed E-state index contributed by atoms with van der Waals surface area (Å²) < 4.78 is 33.0. The van der Waals surface area contributed by atoms with E-state index >= 15 is 0 Å². The van der Waals surface area contributed by atoms with Crippen LogP contribution in [0.4, 0.5) is 0 Å². The summed E-state index contributed by atoms with van der Waals surface area (Å²) in [6, 6.07) is 0.522. The van der Waals surface area contributed by atoms with Crippen LogP contribution >= 0.6 is 0 Å². The van der Waals surface area contributed by atoms with Crippen molar-refractivity contribution in [2.24, 2.45) is 11.8 Å². The molecule has 8 heteroatoms. The van der Waals surface area contributed by atoms with Crippen LogP contribution in [0.1, 0.15) is 17.9 Å². The number of likely N-dealkylation sites (tertiary alicyclic amines) is 1. The zero-order valence-electron chi connectivity index (χ0n) is 14.2. The molecule has 3 aliphatic rings. The van der Waals surface area contributed by atoms with Crippen molar-refractivity contribution in [1.82, 2.24) is 19.2 Å². The molecule has 4 heterocycles. The molecule has 3 aliphatic heterocycles. The van der Waals surface area contributed by atoms with Crippen molar-refractivity contribution in [3.63, 3.8) is 0 Å². The smallest absolute Gasteiger partial charge is 0.246 e. The molecule has 1 aromatic heterocycles. The third kappa shape index (κ3) is 2.75. The Kier molecular flexibility index (Phi) is 4.11. The number of aryl methyl sites for hydroxylation is 2. The molecule has 0 aromatic carbocycles. The van der Waals surface area contributed by atoms with Crippen molar-refractivity contribution in [2.75, 3.05) is 39.4 Å². The minimum Gasteiger partial charge on any atom is -0.380 e. The maximum Gasteiger partial charge on any atom is 0.246 e. The van der Waals surface area contributed by atoms with Gasteiger partial charge in [-0.25, -0.2) is 18.4 Å². The molecular formula is C16H24N4O3S. The molecule has 0 bridgehead atoms. The topological polar surface area (TPSA) is 75.6 Å². The molecule has 7 nitrogen and oxygen atoms in total. The lowest BCUT2D eigenvalue weighted by molar-refractivity contribution is 0.153. The molecule has 0 radical (unpaired) electrons. The highest BCUT2D eigenvalue weighted by molar-refractivity contribution is 7.89. The van der Waals surface area contributed by atoms with E-state index in [1.807, 2.05) is 0 Å². The van der Waals surface area contributed by atoms with Crippen molar-refractivity contribution in [3.8, 4) is 0 Å². The van der Waals surface area contributed by atoms with Crippen LogP contribution in [0.5, 0.6) is 0 Å². The van der Waals surface area contributed by atoms with Crippen molar-refractivity contribution in [1.29, 1.82) is 0 Å². The van der Waals surface area contributed by atoms with Gasteiger partial charge >= 0.3 is 0 Å². The van der Waals surface area contributed by atoms with Gasteiger partial charge in [0.15, 0.2) is 0 Å². The Balaban J connectivity index is 1.48. The zero-order valence-corrected chi connectivity index (χ0v) is 15.0. The molecule has 3 atom stereocenters. The Morgan fingerprint density at radius 1 is 1.17 bits per heavy atom. The van der Waals surface area contributed by atoms with Crippen LogP contribution in [0.3, 0.4) is 0 Å². The lowest BCUT2D eigenvalue weighted by atomic mass is 10.0. The quantitative estimate of drug-likeness (QED) is 0.785. The van der Waals surface area contributed by atoms with Crippen LogP contribution in [-0.2, 0) is 14.8 Å². The van der Waals surface area contributed by atoms with Gasteiger partial charge in [0.1, 0.15) is 10.7 Å². The number of hydrogen-bond donors (Lipinski definition) is 0. The first-order valence-electron chi connectivity index (χ1n) is 8.57. The third-order valence-electron chi connectivity index (χ3n) is 5.58. The number of ether oxygens (including phenoxy) is 1. The van der Waals surface area contributed by atoms with Crippen molar-refractivity contribution >= 4 is 10.0 Å². The van der Waals surface area contributed by atoms with Gasteiger partial charge in [-0.3, -0.25) is 4.90 Å². The number of fused-ring (bicyclic) bond motifs is 1. The molecule has 3 fully saturated rings.